The first-order valence-electron chi connectivity index (χ1n) is 10.9. The van der Waals surface area contributed by atoms with Crippen molar-refractivity contribution < 1.29 is 17.9 Å². The molecule has 3 aromatic rings. The fourth-order valence-electron chi connectivity index (χ4n) is 4.22. The van der Waals surface area contributed by atoms with Crippen molar-refractivity contribution in [3.63, 3.8) is 0 Å². The van der Waals surface area contributed by atoms with E-state index in [4.69, 9.17) is 4.74 Å². The number of hydrogen-bond donors (Lipinski definition) is 1. The van der Waals surface area contributed by atoms with Gasteiger partial charge in [0.15, 0.2) is 0 Å². The maximum atomic E-state index is 13.9. The van der Waals surface area contributed by atoms with Gasteiger partial charge in [-0.2, -0.15) is 13.2 Å². The first kappa shape index (κ1) is 22.4. The van der Waals surface area contributed by atoms with Crippen molar-refractivity contribution in [1.82, 2.24) is 10.2 Å². The van der Waals surface area contributed by atoms with Gasteiger partial charge in [0.05, 0.1) is 11.6 Å². The Hall–Kier alpha value is -2.83. The molecule has 0 spiro atoms. The molecule has 1 atom stereocenters. The summed E-state index contributed by atoms with van der Waals surface area (Å²) in [6.07, 6.45) is -3.53. The van der Waals surface area contributed by atoms with Crippen molar-refractivity contribution in [3.8, 4) is 5.75 Å². The molecular weight excluding hydrogens is 413 g/mol. The Bertz CT molecular complexity index is 999. The van der Waals surface area contributed by atoms with Gasteiger partial charge in [-0.15, -0.1) is 0 Å². The van der Waals surface area contributed by atoms with Crippen molar-refractivity contribution in [2.24, 2.45) is 0 Å². The molecule has 1 aliphatic rings. The van der Waals surface area contributed by atoms with Crippen LogP contribution in [-0.4, -0.2) is 31.1 Å². The quantitative estimate of drug-likeness (QED) is 0.535. The Kier molecular flexibility index (Phi) is 7.12. The van der Waals surface area contributed by atoms with Crippen LogP contribution in [0.25, 0.3) is 0 Å². The second kappa shape index (κ2) is 10.2. The van der Waals surface area contributed by atoms with Gasteiger partial charge < -0.3 is 10.1 Å². The van der Waals surface area contributed by atoms with Crippen LogP contribution in [0.15, 0.2) is 78.9 Å². The Balaban J connectivity index is 1.69. The number of rotatable bonds is 6. The van der Waals surface area contributed by atoms with E-state index in [9.17, 15) is 13.2 Å². The second-order valence-corrected chi connectivity index (χ2v) is 7.97. The molecule has 3 nitrogen and oxygen atoms in total. The van der Waals surface area contributed by atoms with Crippen LogP contribution in [0.1, 0.15) is 34.7 Å². The standard InChI is InChI=1S/C26H27F3N2O/c27-26(28,29)24-13-5-4-12-23(24)25(31-16-7-14-30-15-17-31)21-10-6-11-22(18-21)32-19-20-8-2-1-3-9-20/h1-6,8-13,18,25,30H,7,14-17,19H2. The smallest absolute Gasteiger partial charge is 0.416 e. The van der Waals surface area contributed by atoms with E-state index in [1.807, 2.05) is 54.6 Å². The maximum Gasteiger partial charge on any atom is 0.416 e. The molecule has 3 aromatic carbocycles. The summed E-state index contributed by atoms with van der Waals surface area (Å²) in [5.41, 5.74) is 1.53. The first-order valence-corrected chi connectivity index (χ1v) is 10.9. The monoisotopic (exact) mass is 440 g/mol. The van der Waals surface area contributed by atoms with Crippen molar-refractivity contribution in [3.05, 3.63) is 101 Å². The van der Waals surface area contributed by atoms with Crippen molar-refractivity contribution in [1.29, 1.82) is 0 Å². The van der Waals surface area contributed by atoms with Gasteiger partial charge in [0.25, 0.3) is 0 Å². The largest absolute Gasteiger partial charge is 0.489 e. The molecule has 32 heavy (non-hydrogen) atoms. The lowest BCUT2D eigenvalue weighted by Crippen LogP contribution is -2.34. The van der Waals surface area contributed by atoms with Gasteiger partial charge in [-0.3, -0.25) is 4.90 Å². The van der Waals surface area contributed by atoms with E-state index in [0.717, 1.165) is 37.2 Å². The van der Waals surface area contributed by atoms with Gasteiger partial charge in [0, 0.05) is 19.6 Å². The highest BCUT2D eigenvalue weighted by Crippen LogP contribution is 2.39. The molecule has 0 bridgehead atoms. The van der Waals surface area contributed by atoms with E-state index in [1.54, 1.807) is 12.1 Å². The molecule has 1 heterocycles. The summed E-state index contributed by atoms with van der Waals surface area (Å²) in [6.45, 7) is 3.41. The highest BCUT2D eigenvalue weighted by Gasteiger charge is 2.37. The summed E-state index contributed by atoms with van der Waals surface area (Å²) in [6, 6.07) is 22.7. The van der Waals surface area contributed by atoms with Crippen LogP contribution in [-0.2, 0) is 12.8 Å². The summed E-state index contributed by atoms with van der Waals surface area (Å²) in [5, 5.41) is 3.34. The number of hydrogen-bond acceptors (Lipinski definition) is 3. The molecule has 4 rings (SSSR count). The van der Waals surface area contributed by atoms with E-state index in [-0.39, 0.29) is 5.56 Å². The highest BCUT2D eigenvalue weighted by atomic mass is 19.4. The lowest BCUT2D eigenvalue weighted by atomic mass is 9.92. The average molecular weight is 441 g/mol. The molecule has 0 aliphatic carbocycles. The van der Waals surface area contributed by atoms with E-state index >= 15 is 0 Å². The molecule has 0 amide bonds. The summed E-state index contributed by atoms with van der Waals surface area (Å²) in [7, 11) is 0. The molecule has 0 aromatic heterocycles. The minimum absolute atomic E-state index is 0.280. The van der Waals surface area contributed by atoms with Crippen molar-refractivity contribution >= 4 is 0 Å². The van der Waals surface area contributed by atoms with Gasteiger partial charge >= 0.3 is 6.18 Å². The fourth-order valence-corrected chi connectivity index (χ4v) is 4.22. The predicted molar refractivity (Wildman–Crippen MR) is 120 cm³/mol. The highest BCUT2D eigenvalue weighted by molar-refractivity contribution is 5.41. The van der Waals surface area contributed by atoms with E-state index in [0.29, 0.717) is 18.9 Å². The summed E-state index contributed by atoms with van der Waals surface area (Å²) in [5.74, 6) is 0.647. The molecule has 1 aliphatic heterocycles. The average Bonchev–Trinajstić information content (AvgIpc) is 3.08. The van der Waals surface area contributed by atoms with Gasteiger partial charge in [-0.05, 0) is 47.9 Å². The minimum atomic E-state index is -4.42. The molecule has 6 heteroatoms. The van der Waals surface area contributed by atoms with Gasteiger partial charge in [-0.25, -0.2) is 0 Å². The van der Waals surface area contributed by atoms with Crippen LogP contribution in [0.2, 0.25) is 0 Å². The number of alkyl halides is 3. The summed E-state index contributed by atoms with van der Waals surface area (Å²) < 4.78 is 47.7. The number of nitrogens with one attached hydrogen (secondary N) is 1. The lowest BCUT2D eigenvalue weighted by molar-refractivity contribution is -0.138. The number of halogens is 3. The summed E-state index contributed by atoms with van der Waals surface area (Å²) >= 11 is 0. The zero-order valence-corrected chi connectivity index (χ0v) is 17.8. The Morgan fingerprint density at radius 3 is 2.47 bits per heavy atom. The van der Waals surface area contributed by atoms with Crippen LogP contribution in [0, 0.1) is 0 Å². The molecule has 1 saturated heterocycles. The molecular formula is C26H27F3N2O. The number of benzene rings is 3. The van der Waals surface area contributed by atoms with Gasteiger partial charge in [-0.1, -0.05) is 60.7 Å². The van der Waals surface area contributed by atoms with Crippen LogP contribution < -0.4 is 10.1 Å². The van der Waals surface area contributed by atoms with Crippen molar-refractivity contribution in [2.45, 2.75) is 25.2 Å². The molecule has 1 fully saturated rings. The Morgan fingerprint density at radius 2 is 1.66 bits per heavy atom. The number of ether oxygens (including phenoxy) is 1. The third kappa shape index (κ3) is 5.50. The molecule has 0 radical (unpaired) electrons. The van der Waals surface area contributed by atoms with Crippen LogP contribution in [0.5, 0.6) is 5.75 Å². The predicted octanol–water partition coefficient (Wildman–Crippen LogP) is 5.67. The SMILES string of the molecule is FC(F)(F)c1ccccc1C(c1cccc(OCc2ccccc2)c1)N1CCCNCC1. The fraction of sp³-hybridized carbons (Fsp3) is 0.308. The first-order chi connectivity index (χ1) is 15.5. The van der Waals surface area contributed by atoms with E-state index in [1.165, 1.54) is 12.1 Å². The third-order valence-electron chi connectivity index (χ3n) is 5.72. The normalized spacial score (nSPS) is 16.3. The topological polar surface area (TPSA) is 24.5 Å². The van der Waals surface area contributed by atoms with Gasteiger partial charge in [0.1, 0.15) is 12.4 Å². The molecule has 1 N–H and O–H groups in total. The minimum Gasteiger partial charge on any atom is -0.489 e. The van der Waals surface area contributed by atoms with Crippen molar-refractivity contribution in [2.75, 3.05) is 26.2 Å². The Morgan fingerprint density at radius 1 is 0.875 bits per heavy atom. The maximum absolute atomic E-state index is 13.9. The zero-order valence-electron chi connectivity index (χ0n) is 17.8. The third-order valence-corrected chi connectivity index (χ3v) is 5.72. The van der Waals surface area contributed by atoms with Crippen LogP contribution in [0.3, 0.4) is 0 Å². The van der Waals surface area contributed by atoms with Crippen LogP contribution in [0.4, 0.5) is 13.2 Å². The van der Waals surface area contributed by atoms with E-state index in [2.05, 4.69) is 10.2 Å². The Labute approximate surface area is 186 Å². The lowest BCUT2D eigenvalue weighted by Gasteiger charge is -2.33. The molecule has 0 saturated carbocycles. The van der Waals surface area contributed by atoms with Gasteiger partial charge in [0.2, 0.25) is 0 Å². The molecule has 1 unspecified atom stereocenters. The second-order valence-electron chi connectivity index (χ2n) is 7.97. The number of nitrogens with zero attached hydrogens (tertiary/aromatic N) is 1. The summed E-state index contributed by atoms with van der Waals surface area (Å²) in [4.78, 5) is 2.14. The molecule has 168 valence electrons. The van der Waals surface area contributed by atoms with Crippen LogP contribution >= 0.6 is 0 Å². The van der Waals surface area contributed by atoms with E-state index < -0.39 is 17.8 Å². The zero-order chi connectivity index (χ0) is 22.4.